The minimum Gasteiger partial charge on any atom is -0.302 e. The van der Waals surface area contributed by atoms with E-state index in [-0.39, 0.29) is 11.3 Å². The zero-order chi connectivity index (χ0) is 13.4. The Hall–Kier alpha value is -1.86. The van der Waals surface area contributed by atoms with Crippen LogP contribution in [0.4, 0.5) is 10.2 Å². The van der Waals surface area contributed by atoms with Crippen molar-refractivity contribution in [3.8, 4) is 0 Å². The highest BCUT2D eigenvalue weighted by molar-refractivity contribution is 8.04. The van der Waals surface area contributed by atoms with Gasteiger partial charge in [0, 0.05) is 28.9 Å². The first-order chi connectivity index (χ1) is 9.16. The normalized spacial score (nSPS) is 19.3. The topological polar surface area (TPSA) is 70.8 Å². The number of halogens is 1. The van der Waals surface area contributed by atoms with Crippen molar-refractivity contribution < 1.29 is 4.39 Å². The van der Waals surface area contributed by atoms with Crippen molar-refractivity contribution in [3.63, 3.8) is 0 Å². The van der Waals surface area contributed by atoms with Crippen LogP contribution < -0.4 is 10.6 Å². The third-order valence-corrected chi connectivity index (χ3v) is 3.85. The number of aromatic nitrogens is 3. The molecule has 0 bridgehead atoms. The first-order valence-corrected chi connectivity index (χ1v) is 6.58. The molecular formula is C12H12FN5S. The van der Waals surface area contributed by atoms with E-state index in [1.807, 2.05) is 11.8 Å². The Morgan fingerprint density at radius 1 is 1.53 bits per heavy atom. The van der Waals surface area contributed by atoms with Gasteiger partial charge in [0.05, 0.1) is 11.9 Å². The quantitative estimate of drug-likeness (QED) is 0.880. The van der Waals surface area contributed by atoms with Crippen LogP contribution in [0.1, 0.15) is 12.5 Å². The second kappa shape index (κ2) is 4.67. The van der Waals surface area contributed by atoms with Gasteiger partial charge in [0.1, 0.15) is 17.1 Å². The summed E-state index contributed by atoms with van der Waals surface area (Å²) in [5, 5.41) is 6.71. The summed E-state index contributed by atoms with van der Waals surface area (Å²) in [6.07, 6.45) is 4.93. The number of nitrogens with zero attached hydrogens (tertiary/aromatic N) is 3. The molecule has 1 aliphatic heterocycles. The lowest BCUT2D eigenvalue weighted by molar-refractivity contribution is 0.625. The summed E-state index contributed by atoms with van der Waals surface area (Å²) in [6, 6.07) is 2.69. The lowest BCUT2D eigenvalue weighted by Gasteiger charge is -2.24. The summed E-state index contributed by atoms with van der Waals surface area (Å²) in [4.78, 5) is 7.06. The number of hydrogen-bond donors (Lipinski definition) is 2. The molecule has 1 atom stereocenters. The average molecular weight is 277 g/mol. The summed E-state index contributed by atoms with van der Waals surface area (Å²) in [6.45, 7) is 1.98. The largest absolute Gasteiger partial charge is 0.302 e. The molecule has 3 N–H and O–H groups in total. The molecule has 0 aliphatic carbocycles. The van der Waals surface area contributed by atoms with Crippen LogP contribution in [0.3, 0.4) is 0 Å². The summed E-state index contributed by atoms with van der Waals surface area (Å²) < 4.78 is 13.4. The molecule has 3 rings (SSSR count). The van der Waals surface area contributed by atoms with Gasteiger partial charge < -0.3 is 5.73 Å². The van der Waals surface area contributed by atoms with Crippen LogP contribution in [0.25, 0.3) is 5.70 Å². The molecule has 1 unspecified atom stereocenters. The lowest BCUT2D eigenvalue weighted by Crippen LogP contribution is -2.35. The first kappa shape index (κ1) is 12.2. The van der Waals surface area contributed by atoms with E-state index in [2.05, 4.69) is 15.2 Å². The molecule has 2 aromatic heterocycles. The molecule has 0 aromatic carbocycles. The van der Waals surface area contributed by atoms with Crippen LogP contribution >= 0.6 is 11.8 Å². The fraction of sp³-hybridized carbons (Fsp3) is 0.167. The van der Waals surface area contributed by atoms with Crippen LogP contribution in [0.2, 0.25) is 0 Å². The number of nitrogens with one attached hydrogen (secondary N) is 1. The van der Waals surface area contributed by atoms with Crippen molar-refractivity contribution in [2.45, 2.75) is 12.4 Å². The van der Waals surface area contributed by atoms with E-state index in [0.717, 1.165) is 16.2 Å². The highest BCUT2D eigenvalue weighted by atomic mass is 32.2. The minimum atomic E-state index is -0.335. The molecule has 3 heterocycles. The van der Waals surface area contributed by atoms with Crippen LogP contribution in [-0.2, 0) is 0 Å². The average Bonchev–Trinajstić information content (AvgIpc) is 2.96. The molecule has 0 spiro atoms. The van der Waals surface area contributed by atoms with Gasteiger partial charge in [0.2, 0.25) is 0 Å². The Balaban J connectivity index is 2.08. The Morgan fingerprint density at radius 3 is 3.05 bits per heavy atom. The van der Waals surface area contributed by atoms with Gasteiger partial charge in [-0.25, -0.2) is 9.37 Å². The van der Waals surface area contributed by atoms with Gasteiger partial charge in [-0.3, -0.25) is 10.00 Å². The van der Waals surface area contributed by atoms with E-state index in [1.54, 1.807) is 12.4 Å². The predicted molar refractivity (Wildman–Crippen MR) is 73.4 cm³/mol. The van der Waals surface area contributed by atoms with Gasteiger partial charge in [-0.2, -0.15) is 5.10 Å². The number of anilines is 1. The molecule has 0 saturated heterocycles. The number of rotatable bonds is 2. The molecule has 7 heteroatoms. The number of thioether (sulfide) groups is 1. The summed E-state index contributed by atoms with van der Waals surface area (Å²) >= 11 is 1.51. The Kier molecular flexibility index (Phi) is 3.00. The van der Waals surface area contributed by atoms with E-state index in [9.17, 15) is 4.39 Å². The second-order valence-corrected chi connectivity index (χ2v) is 5.43. The molecule has 98 valence electrons. The van der Waals surface area contributed by atoms with Gasteiger partial charge in [-0.05, 0) is 13.0 Å². The minimum absolute atomic E-state index is 0.320. The zero-order valence-corrected chi connectivity index (χ0v) is 11.0. The molecule has 19 heavy (non-hydrogen) atoms. The maximum Gasteiger partial charge on any atom is 0.137 e. The maximum absolute atomic E-state index is 13.4. The lowest BCUT2D eigenvalue weighted by atomic mass is 10.2. The number of nitrogens with two attached hydrogens (primary N) is 1. The maximum atomic E-state index is 13.4. The first-order valence-electron chi connectivity index (χ1n) is 5.70. The van der Waals surface area contributed by atoms with Crippen LogP contribution in [0.5, 0.6) is 0 Å². The predicted octanol–water partition coefficient (Wildman–Crippen LogP) is 2.13. The zero-order valence-electron chi connectivity index (χ0n) is 10.2. The van der Waals surface area contributed by atoms with E-state index < -0.39 is 0 Å². The van der Waals surface area contributed by atoms with Crippen molar-refractivity contribution in [1.82, 2.24) is 15.2 Å². The molecule has 5 nitrogen and oxygen atoms in total. The number of aromatic amines is 1. The van der Waals surface area contributed by atoms with Gasteiger partial charge in [-0.15, -0.1) is 0 Å². The van der Waals surface area contributed by atoms with Crippen molar-refractivity contribution in [1.29, 1.82) is 0 Å². The van der Waals surface area contributed by atoms with Crippen LogP contribution in [0.15, 0.2) is 35.6 Å². The Morgan fingerprint density at radius 2 is 2.37 bits per heavy atom. The smallest absolute Gasteiger partial charge is 0.137 e. The number of pyridine rings is 1. The van der Waals surface area contributed by atoms with Gasteiger partial charge in [0.25, 0.3) is 0 Å². The van der Waals surface area contributed by atoms with Crippen molar-refractivity contribution >= 4 is 23.3 Å². The highest BCUT2D eigenvalue weighted by Crippen LogP contribution is 2.42. The standard InChI is InChI=1S/C12H12FN5S/c1-7-11(8-5-16-17-6-8)18(12(14)19-7)10-4-9(13)2-3-15-10/h2-6,12H,14H2,1H3,(H,16,17). The fourth-order valence-electron chi connectivity index (χ4n) is 2.08. The Bertz CT molecular complexity index is 625. The fourth-order valence-corrected chi connectivity index (χ4v) is 3.09. The molecule has 2 aromatic rings. The van der Waals surface area contributed by atoms with Crippen LogP contribution in [0, 0.1) is 5.82 Å². The summed E-state index contributed by atoms with van der Waals surface area (Å²) in [5.41, 5.74) is 7.60. The third-order valence-electron chi connectivity index (χ3n) is 2.85. The van der Waals surface area contributed by atoms with Gasteiger partial charge >= 0.3 is 0 Å². The number of H-pyrrole nitrogens is 1. The molecule has 0 fully saturated rings. The van der Waals surface area contributed by atoms with E-state index in [1.165, 1.54) is 30.1 Å². The van der Waals surface area contributed by atoms with E-state index in [4.69, 9.17) is 5.73 Å². The third kappa shape index (κ3) is 2.11. The molecule has 0 saturated carbocycles. The van der Waals surface area contributed by atoms with Crippen molar-refractivity contribution in [2.24, 2.45) is 5.73 Å². The summed E-state index contributed by atoms with van der Waals surface area (Å²) in [5.74, 6) is 0.159. The monoisotopic (exact) mass is 277 g/mol. The molecule has 0 amide bonds. The second-order valence-electron chi connectivity index (χ2n) is 4.10. The van der Waals surface area contributed by atoms with Gasteiger partial charge in [-0.1, -0.05) is 11.8 Å². The highest BCUT2D eigenvalue weighted by Gasteiger charge is 2.31. The molecular weight excluding hydrogens is 265 g/mol. The SMILES string of the molecule is CC1=C(c2cn[nH]c2)N(c2cc(F)ccn2)C(N)S1. The van der Waals surface area contributed by atoms with Gasteiger partial charge in [0.15, 0.2) is 0 Å². The van der Waals surface area contributed by atoms with Crippen LogP contribution in [-0.4, -0.2) is 20.7 Å². The van der Waals surface area contributed by atoms with Crippen molar-refractivity contribution in [3.05, 3.63) is 47.0 Å². The number of allylic oxidation sites excluding steroid dienone is 1. The number of hydrogen-bond acceptors (Lipinski definition) is 5. The Labute approximate surface area is 113 Å². The molecule has 0 radical (unpaired) electrons. The van der Waals surface area contributed by atoms with E-state index >= 15 is 0 Å². The summed E-state index contributed by atoms with van der Waals surface area (Å²) in [7, 11) is 0. The van der Waals surface area contributed by atoms with Crippen molar-refractivity contribution in [2.75, 3.05) is 4.90 Å². The van der Waals surface area contributed by atoms with E-state index in [0.29, 0.717) is 5.82 Å². The molecule has 1 aliphatic rings.